The molecule has 3 aliphatic rings. The van der Waals surface area contributed by atoms with Crippen LogP contribution in [0.15, 0.2) is 24.3 Å². The average Bonchev–Trinajstić information content (AvgIpc) is 3.13. The smallest absolute Gasteiger partial charge is 0.256 e. The summed E-state index contributed by atoms with van der Waals surface area (Å²) in [6, 6.07) is 6.31. The number of fused-ring (bicyclic) bond motifs is 2. The van der Waals surface area contributed by atoms with Crippen LogP contribution >= 0.6 is 0 Å². The first-order valence-electron chi connectivity index (χ1n) is 8.88. The van der Waals surface area contributed by atoms with Gasteiger partial charge in [-0.3, -0.25) is 14.4 Å². The Morgan fingerprint density at radius 1 is 1.20 bits per heavy atom. The fourth-order valence-corrected chi connectivity index (χ4v) is 3.95. The zero-order valence-electron chi connectivity index (χ0n) is 14.0. The van der Waals surface area contributed by atoms with Crippen LogP contribution in [0.25, 0.3) is 0 Å². The van der Waals surface area contributed by atoms with Crippen LogP contribution in [0, 0.1) is 0 Å². The summed E-state index contributed by atoms with van der Waals surface area (Å²) in [4.78, 5) is 39.4. The van der Waals surface area contributed by atoms with E-state index in [1.54, 1.807) is 29.2 Å². The van der Waals surface area contributed by atoms with Crippen molar-refractivity contribution in [3.8, 4) is 0 Å². The lowest BCUT2D eigenvalue weighted by Crippen LogP contribution is -2.56. The number of anilines is 1. The third-order valence-electron chi connectivity index (χ3n) is 5.30. The summed E-state index contributed by atoms with van der Waals surface area (Å²) in [6.07, 6.45) is 2.97. The Bertz CT molecular complexity index is 714. The standard InChI is InChI=1S/C18H22N4O3/c23-16(14-6-3-8-19-14)20-11-7-9-22-15(10-11)17(24)21-13-5-2-1-4-12(13)18(22)25/h1-2,4-5,11,14-15,19H,3,6-10H2,(H,20,23)(H,21,24)/t11-,14+,15-/m0/s1. The summed E-state index contributed by atoms with van der Waals surface area (Å²) in [6.45, 7) is 1.34. The van der Waals surface area contributed by atoms with Crippen LogP contribution in [0.2, 0.25) is 0 Å². The molecular weight excluding hydrogens is 320 g/mol. The first-order valence-corrected chi connectivity index (χ1v) is 8.88. The molecule has 4 rings (SSSR count). The summed E-state index contributed by atoms with van der Waals surface area (Å²) < 4.78 is 0. The number of nitrogens with one attached hydrogen (secondary N) is 3. The Morgan fingerprint density at radius 3 is 2.84 bits per heavy atom. The lowest BCUT2D eigenvalue weighted by atomic mass is 9.95. The first kappa shape index (κ1) is 16.1. The van der Waals surface area contributed by atoms with Crippen molar-refractivity contribution in [2.75, 3.05) is 18.4 Å². The van der Waals surface area contributed by atoms with Crippen LogP contribution in [-0.4, -0.2) is 53.8 Å². The van der Waals surface area contributed by atoms with Crippen LogP contribution in [0.3, 0.4) is 0 Å². The third-order valence-corrected chi connectivity index (χ3v) is 5.30. The molecule has 3 N–H and O–H groups in total. The van der Waals surface area contributed by atoms with E-state index in [2.05, 4.69) is 16.0 Å². The van der Waals surface area contributed by atoms with E-state index in [0.29, 0.717) is 30.6 Å². The van der Waals surface area contributed by atoms with Crippen molar-refractivity contribution in [1.82, 2.24) is 15.5 Å². The van der Waals surface area contributed by atoms with Crippen molar-refractivity contribution in [1.29, 1.82) is 0 Å². The molecule has 0 aromatic heterocycles. The van der Waals surface area contributed by atoms with Gasteiger partial charge in [-0.25, -0.2) is 0 Å². The van der Waals surface area contributed by atoms with Crippen LogP contribution in [0.5, 0.6) is 0 Å². The Kier molecular flexibility index (Phi) is 4.17. The monoisotopic (exact) mass is 342 g/mol. The lowest BCUT2D eigenvalue weighted by molar-refractivity contribution is -0.126. The number of benzene rings is 1. The molecule has 1 aromatic rings. The topological polar surface area (TPSA) is 90.5 Å². The number of carbonyl (C=O) groups is 3. The van der Waals surface area contributed by atoms with E-state index >= 15 is 0 Å². The predicted molar refractivity (Wildman–Crippen MR) is 92.1 cm³/mol. The lowest BCUT2D eigenvalue weighted by Gasteiger charge is -2.37. The van der Waals surface area contributed by atoms with Gasteiger partial charge < -0.3 is 20.9 Å². The largest absolute Gasteiger partial charge is 0.352 e. The van der Waals surface area contributed by atoms with Gasteiger partial charge in [-0.05, 0) is 44.4 Å². The number of para-hydroxylation sites is 1. The fraction of sp³-hybridized carbons (Fsp3) is 0.500. The van der Waals surface area contributed by atoms with Crippen molar-refractivity contribution >= 4 is 23.4 Å². The zero-order chi connectivity index (χ0) is 17.4. The molecule has 0 saturated carbocycles. The van der Waals surface area contributed by atoms with Crippen LogP contribution in [-0.2, 0) is 9.59 Å². The minimum Gasteiger partial charge on any atom is -0.352 e. The van der Waals surface area contributed by atoms with Gasteiger partial charge in [-0.15, -0.1) is 0 Å². The van der Waals surface area contributed by atoms with Gasteiger partial charge in [-0.1, -0.05) is 12.1 Å². The highest BCUT2D eigenvalue weighted by Gasteiger charge is 2.40. The van der Waals surface area contributed by atoms with Crippen molar-refractivity contribution in [2.45, 2.75) is 43.8 Å². The van der Waals surface area contributed by atoms with Crippen molar-refractivity contribution in [3.05, 3.63) is 29.8 Å². The quantitative estimate of drug-likeness (QED) is 0.729. The van der Waals surface area contributed by atoms with Gasteiger partial charge >= 0.3 is 0 Å². The molecule has 0 aliphatic carbocycles. The molecule has 3 amide bonds. The fourth-order valence-electron chi connectivity index (χ4n) is 3.95. The molecule has 3 atom stereocenters. The van der Waals surface area contributed by atoms with Gasteiger partial charge in [0, 0.05) is 12.6 Å². The molecule has 2 fully saturated rings. The molecule has 132 valence electrons. The summed E-state index contributed by atoms with van der Waals surface area (Å²) in [7, 11) is 0. The van der Waals surface area contributed by atoms with E-state index in [1.807, 2.05) is 0 Å². The Morgan fingerprint density at radius 2 is 2.04 bits per heavy atom. The predicted octanol–water partition coefficient (Wildman–Crippen LogP) is 0.480. The van der Waals surface area contributed by atoms with Crippen molar-refractivity contribution in [2.24, 2.45) is 0 Å². The Balaban J connectivity index is 1.48. The molecule has 3 heterocycles. The second kappa shape index (κ2) is 6.48. The minimum atomic E-state index is -0.546. The van der Waals surface area contributed by atoms with Crippen LogP contribution in [0.4, 0.5) is 5.69 Å². The molecular formula is C18H22N4O3. The van der Waals surface area contributed by atoms with Gasteiger partial charge in [0.2, 0.25) is 11.8 Å². The number of piperidine rings is 1. The molecule has 0 spiro atoms. The average molecular weight is 342 g/mol. The highest BCUT2D eigenvalue weighted by Crippen LogP contribution is 2.28. The van der Waals surface area contributed by atoms with Crippen LogP contribution in [0.1, 0.15) is 36.0 Å². The van der Waals surface area contributed by atoms with E-state index in [1.165, 1.54) is 0 Å². The number of hydrogen-bond donors (Lipinski definition) is 3. The second-order valence-electron chi connectivity index (χ2n) is 6.93. The van der Waals surface area contributed by atoms with Crippen molar-refractivity contribution < 1.29 is 14.4 Å². The number of rotatable bonds is 2. The molecule has 0 unspecified atom stereocenters. The number of amides is 3. The number of carbonyl (C=O) groups excluding carboxylic acids is 3. The van der Waals surface area contributed by atoms with Gasteiger partial charge in [0.05, 0.1) is 17.3 Å². The first-order chi connectivity index (χ1) is 12.1. The molecule has 25 heavy (non-hydrogen) atoms. The Hall–Kier alpha value is -2.41. The molecule has 1 aromatic carbocycles. The van der Waals surface area contributed by atoms with E-state index in [0.717, 1.165) is 19.4 Å². The molecule has 0 radical (unpaired) electrons. The number of hydrogen-bond acceptors (Lipinski definition) is 4. The number of nitrogens with zero attached hydrogens (tertiary/aromatic N) is 1. The van der Waals surface area contributed by atoms with E-state index in [-0.39, 0.29) is 29.8 Å². The third kappa shape index (κ3) is 3.00. The van der Waals surface area contributed by atoms with Gasteiger partial charge in [-0.2, -0.15) is 0 Å². The van der Waals surface area contributed by atoms with E-state index in [4.69, 9.17) is 0 Å². The van der Waals surface area contributed by atoms with Gasteiger partial charge in [0.1, 0.15) is 6.04 Å². The highest BCUT2D eigenvalue weighted by molar-refractivity contribution is 6.09. The molecule has 3 aliphatic heterocycles. The van der Waals surface area contributed by atoms with E-state index in [9.17, 15) is 14.4 Å². The van der Waals surface area contributed by atoms with Gasteiger partial charge in [0.25, 0.3) is 5.91 Å². The maximum absolute atomic E-state index is 12.8. The maximum Gasteiger partial charge on any atom is 0.256 e. The molecule has 7 nitrogen and oxygen atoms in total. The summed E-state index contributed by atoms with van der Waals surface area (Å²) in [5.74, 6) is -0.308. The highest BCUT2D eigenvalue weighted by atomic mass is 16.2. The molecule has 7 heteroatoms. The summed E-state index contributed by atoms with van der Waals surface area (Å²) in [5, 5.41) is 9.09. The SMILES string of the molecule is O=C(N[C@H]1CCN2C(=O)c3ccccc3NC(=O)[C@@H]2C1)[C@H]1CCCN1. The van der Waals surface area contributed by atoms with Gasteiger partial charge in [0.15, 0.2) is 0 Å². The minimum absolute atomic E-state index is 0.000377. The summed E-state index contributed by atoms with van der Waals surface area (Å²) >= 11 is 0. The van der Waals surface area contributed by atoms with E-state index < -0.39 is 6.04 Å². The zero-order valence-corrected chi connectivity index (χ0v) is 14.0. The van der Waals surface area contributed by atoms with Crippen LogP contribution < -0.4 is 16.0 Å². The maximum atomic E-state index is 12.8. The van der Waals surface area contributed by atoms with Crippen molar-refractivity contribution in [3.63, 3.8) is 0 Å². The normalized spacial score (nSPS) is 28.6. The summed E-state index contributed by atoms with van der Waals surface area (Å²) in [5.41, 5.74) is 1.08. The second-order valence-corrected chi connectivity index (χ2v) is 6.93. The molecule has 0 bridgehead atoms. The Labute approximate surface area is 146 Å². The molecule has 2 saturated heterocycles.